The zero-order valence-corrected chi connectivity index (χ0v) is 13.1. The van der Waals surface area contributed by atoms with Crippen molar-refractivity contribution in [1.29, 1.82) is 0 Å². The van der Waals surface area contributed by atoms with Crippen LogP contribution in [0.1, 0.15) is 39.0 Å². The molecule has 1 unspecified atom stereocenters. The number of likely N-dealkylation sites (N-methyl/N-ethyl adjacent to an activating group) is 1. The second-order valence-corrected chi connectivity index (χ2v) is 3.89. The van der Waals surface area contributed by atoms with Crippen LogP contribution in [0.25, 0.3) is 0 Å². The number of amides is 1. The fourth-order valence-corrected chi connectivity index (χ4v) is 1.29. The van der Waals surface area contributed by atoms with Gasteiger partial charge in [-0.3, -0.25) is 4.79 Å². The molecule has 0 bridgehead atoms. The van der Waals surface area contributed by atoms with Crippen LogP contribution in [0.3, 0.4) is 0 Å². The van der Waals surface area contributed by atoms with Gasteiger partial charge in [-0.1, -0.05) is 12.5 Å². The maximum Gasteiger partial charge on any atom is 1.00 e. The summed E-state index contributed by atoms with van der Waals surface area (Å²) >= 11 is 0. The molecular weight excluding hydrogens is 229 g/mol. The Morgan fingerprint density at radius 2 is 1.94 bits per heavy atom. The van der Waals surface area contributed by atoms with Gasteiger partial charge in [0.2, 0.25) is 5.91 Å². The van der Waals surface area contributed by atoms with E-state index in [1.54, 1.807) is 0 Å². The first-order valence-electron chi connectivity index (χ1n) is 5.58. The van der Waals surface area contributed by atoms with E-state index in [9.17, 15) is 14.7 Å². The van der Waals surface area contributed by atoms with Crippen molar-refractivity contribution >= 4 is 11.9 Å². The normalized spacial score (nSPS) is 11.2. The van der Waals surface area contributed by atoms with Gasteiger partial charge in [-0.05, 0) is 26.2 Å². The summed E-state index contributed by atoms with van der Waals surface area (Å²) in [6, 6.07) is -0.860. The van der Waals surface area contributed by atoms with Crippen LogP contribution in [0.5, 0.6) is 0 Å². The van der Waals surface area contributed by atoms with E-state index in [1.165, 1.54) is 18.9 Å². The molecule has 0 fully saturated rings. The summed E-state index contributed by atoms with van der Waals surface area (Å²) in [5.74, 6) is -1.36. The minimum absolute atomic E-state index is 0. The third-order valence-electron chi connectivity index (χ3n) is 2.61. The molecule has 0 aromatic heterocycles. The number of unbranched alkanes of at least 4 members (excludes halogenated alkanes) is 3. The minimum atomic E-state index is -1.22. The molecule has 0 spiro atoms. The van der Waals surface area contributed by atoms with Gasteiger partial charge in [-0.25, -0.2) is 0 Å². The van der Waals surface area contributed by atoms with Crippen molar-refractivity contribution in [1.82, 2.24) is 4.90 Å². The van der Waals surface area contributed by atoms with E-state index in [2.05, 4.69) is 6.58 Å². The van der Waals surface area contributed by atoms with E-state index >= 15 is 0 Å². The average molecular weight is 249 g/mol. The van der Waals surface area contributed by atoms with Gasteiger partial charge >= 0.3 is 29.6 Å². The summed E-state index contributed by atoms with van der Waals surface area (Å²) in [5, 5.41) is 10.5. The van der Waals surface area contributed by atoms with Gasteiger partial charge in [-0.15, -0.1) is 6.58 Å². The number of carboxylic acids is 1. The molecule has 92 valence electrons. The van der Waals surface area contributed by atoms with Crippen LogP contribution < -0.4 is 34.7 Å². The zero-order valence-electron chi connectivity index (χ0n) is 11.1. The Balaban J connectivity index is 0. The van der Waals surface area contributed by atoms with Crippen molar-refractivity contribution in [2.75, 3.05) is 7.05 Å². The first-order chi connectivity index (χ1) is 7.50. The van der Waals surface area contributed by atoms with Gasteiger partial charge in [0.15, 0.2) is 0 Å². The summed E-state index contributed by atoms with van der Waals surface area (Å²) in [6.07, 6.45) is 5.98. The van der Waals surface area contributed by atoms with E-state index in [0.29, 0.717) is 6.42 Å². The number of carbonyl (C=O) groups is 2. The number of aliphatic carboxylic acids is 1. The smallest absolute Gasteiger partial charge is 0.548 e. The van der Waals surface area contributed by atoms with Gasteiger partial charge in [0.25, 0.3) is 0 Å². The molecule has 0 saturated carbocycles. The number of allylic oxidation sites excluding steroid dienone is 1. The Hall–Kier alpha value is -0.320. The molecule has 1 atom stereocenters. The Morgan fingerprint density at radius 3 is 2.41 bits per heavy atom. The summed E-state index contributed by atoms with van der Waals surface area (Å²) < 4.78 is 0. The van der Waals surface area contributed by atoms with Crippen molar-refractivity contribution in [3.63, 3.8) is 0 Å². The van der Waals surface area contributed by atoms with Crippen LogP contribution in [0.4, 0.5) is 0 Å². The monoisotopic (exact) mass is 249 g/mol. The van der Waals surface area contributed by atoms with E-state index in [1.807, 2.05) is 6.08 Å². The molecule has 0 aromatic rings. The standard InChI is InChI=1S/C12H21NO3.Na/c1-4-5-6-7-8-9-11(14)13(3)10(2)12(15)16;/h4,10H,1,5-9H2,2-3H3,(H,15,16);/q;+1/p-1. The van der Waals surface area contributed by atoms with Crippen LogP contribution in [-0.4, -0.2) is 29.9 Å². The topological polar surface area (TPSA) is 60.4 Å². The van der Waals surface area contributed by atoms with Crippen molar-refractivity contribution in [3.05, 3.63) is 12.7 Å². The molecule has 0 aromatic carbocycles. The van der Waals surface area contributed by atoms with E-state index < -0.39 is 12.0 Å². The molecule has 17 heavy (non-hydrogen) atoms. The van der Waals surface area contributed by atoms with Gasteiger partial charge in [0, 0.05) is 13.5 Å². The quantitative estimate of drug-likeness (QED) is 0.277. The van der Waals surface area contributed by atoms with E-state index in [4.69, 9.17) is 0 Å². The van der Waals surface area contributed by atoms with E-state index in [-0.39, 0.29) is 35.5 Å². The molecule has 1 amide bonds. The predicted octanol–water partition coefficient (Wildman–Crippen LogP) is -2.28. The third kappa shape index (κ3) is 8.41. The maximum absolute atomic E-state index is 11.5. The van der Waals surface area contributed by atoms with Crippen molar-refractivity contribution in [2.45, 2.75) is 45.1 Å². The molecule has 0 aliphatic carbocycles. The van der Waals surface area contributed by atoms with Crippen LogP contribution in [0.15, 0.2) is 12.7 Å². The summed E-state index contributed by atoms with van der Waals surface area (Å²) in [6.45, 7) is 5.07. The molecule has 0 aliphatic rings. The fraction of sp³-hybridized carbons (Fsp3) is 0.667. The zero-order chi connectivity index (χ0) is 12.6. The second kappa shape index (κ2) is 10.8. The summed E-state index contributed by atoms with van der Waals surface area (Å²) in [5.41, 5.74) is 0. The molecule has 0 radical (unpaired) electrons. The number of carbonyl (C=O) groups excluding carboxylic acids is 2. The summed E-state index contributed by atoms with van der Waals surface area (Å²) in [4.78, 5) is 23.3. The van der Waals surface area contributed by atoms with Crippen LogP contribution in [0, 0.1) is 0 Å². The molecule has 5 heteroatoms. The largest absolute Gasteiger partial charge is 1.00 e. The maximum atomic E-state index is 11.5. The first kappa shape index (κ1) is 19.0. The minimum Gasteiger partial charge on any atom is -0.548 e. The number of rotatable bonds is 8. The number of nitrogens with zero attached hydrogens (tertiary/aromatic N) is 1. The predicted molar refractivity (Wildman–Crippen MR) is 60.5 cm³/mol. The Kier molecular flexibility index (Phi) is 12.1. The molecule has 0 saturated heterocycles. The van der Waals surface area contributed by atoms with Crippen LogP contribution in [-0.2, 0) is 9.59 Å². The number of hydrogen-bond donors (Lipinski definition) is 0. The van der Waals surface area contributed by atoms with Gasteiger partial charge in [0.05, 0.1) is 12.0 Å². The average Bonchev–Trinajstić information content (AvgIpc) is 2.26. The third-order valence-corrected chi connectivity index (χ3v) is 2.61. The fourth-order valence-electron chi connectivity index (χ4n) is 1.29. The molecule has 0 aliphatic heterocycles. The van der Waals surface area contributed by atoms with Gasteiger partial charge in [-0.2, -0.15) is 0 Å². The van der Waals surface area contributed by atoms with Gasteiger partial charge < -0.3 is 14.8 Å². The number of carboxylic acid groups (broad SMARTS) is 1. The Morgan fingerprint density at radius 1 is 1.35 bits per heavy atom. The van der Waals surface area contributed by atoms with Crippen molar-refractivity contribution in [3.8, 4) is 0 Å². The molecule has 4 nitrogen and oxygen atoms in total. The SMILES string of the molecule is C=CCCCCCC(=O)N(C)C(C)C(=O)[O-].[Na+]. The van der Waals surface area contributed by atoms with Crippen molar-refractivity contribution in [2.24, 2.45) is 0 Å². The summed E-state index contributed by atoms with van der Waals surface area (Å²) in [7, 11) is 1.49. The molecular formula is C12H20NNaO3. The molecule has 0 rings (SSSR count). The van der Waals surface area contributed by atoms with E-state index in [0.717, 1.165) is 25.7 Å². The van der Waals surface area contributed by atoms with Crippen molar-refractivity contribution < 1.29 is 44.3 Å². The van der Waals surface area contributed by atoms with Crippen LogP contribution in [0.2, 0.25) is 0 Å². The molecule has 0 heterocycles. The second-order valence-electron chi connectivity index (χ2n) is 3.89. The van der Waals surface area contributed by atoms with Gasteiger partial charge in [0.1, 0.15) is 0 Å². The Bertz CT molecular complexity index is 256. The van der Waals surface area contributed by atoms with Crippen LogP contribution >= 0.6 is 0 Å². The first-order valence-corrected chi connectivity index (χ1v) is 5.58. The Labute approximate surface area is 125 Å². The molecule has 0 N–H and O–H groups in total. The number of hydrogen-bond acceptors (Lipinski definition) is 3.